The van der Waals surface area contributed by atoms with E-state index >= 15 is 0 Å². The zero-order valence-electron chi connectivity index (χ0n) is 11.0. The van der Waals surface area contributed by atoms with Gasteiger partial charge in [0.25, 0.3) is 0 Å². The number of aliphatic hydroxyl groups excluding tert-OH is 2. The Kier molecular flexibility index (Phi) is 3.73. The molecule has 0 amide bonds. The molecule has 0 bridgehead atoms. The molecule has 0 radical (unpaired) electrons. The third-order valence-electron chi connectivity index (χ3n) is 3.32. The van der Waals surface area contributed by atoms with Crippen LogP contribution in [-0.2, 0) is 4.74 Å². The molecule has 0 spiro atoms. The lowest BCUT2D eigenvalue weighted by molar-refractivity contribution is -0.0886. The molecule has 0 aliphatic carbocycles. The second kappa shape index (κ2) is 5.09. The van der Waals surface area contributed by atoms with Gasteiger partial charge in [0.2, 0.25) is 0 Å². The van der Waals surface area contributed by atoms with Crippen molar-refractivity contribution in [3.8, 4) is 12.3 Å². The van der Waals surface area contributed by atoms with E-state index in [2.05, 4.69) is 4.98 Å². The predicted molar refractivity (Wildman–Crippen MR) is 68.2 cm³/mol. The van der Waals surface area contributed by atoms with E-state index in [4.69, 9.17) is 16.9 Å². The van der Waals surface area contributed by atoms with Gasteiger partial charge in [-0.15, -0.1) is 6.42 Å². The molecule has 9 heteroatoms. The zero-order chi connectivity index (χ0) is 15.9. The summed E-state index contributed by atoms with van der Waals surface area (Å²) in [6, 6.07) is 0. The first-order valence-corrected chi connectivity index (χ1v) is 5.98. The van der Waals surface area contributed by atoms with Crippen LogP contribution in [0.25, 0.3) is 0 Å². The summed E-state index contributed by atoms with van der Waals surface area (Å²) in [7, 11) is 0. The minimum absolute atomic E-state index is 0.581. The van der Waals surface area contributed by atoms with Gasteiger partial charge in [0.1, 0.15) is 12.2 Å². The Hall–Kier alpha value is -1.99. The van der Waals surface area contributed by atoms with E-state index in [9.17, 15) is 24.5 Å². The monoisotopic (exact) mass is 299 g/mol. The normalized spacial score (nSPS) is 33.6. The molecule has 0 saturated carbocycles. The smallest absolute Gasteiger partial charge is 0.351 e. The van der Waals surface area contributed by atoms with Crippen LogP contribution in [0.15, 0.2) is 11.0 Å². The number of halogens is 1. The molecule has 8 nitrogen and oxygen atoms in total. The Balaban J connectivity index is 2.56. The van der Waals surface area contributed by atoms with E-state index in [1.807, 2.05) is 5.92 Å². The highest BCUT2D eigenvalue weighted by molar-refractivity contribution is 5.27. The maximum absolute atomic E-state index is 13.5. The largest absolute Gasteiger partial charge is 0.391 e. The Bertz CT molecular complexity index is 655. The molecule has 1 aliphatic rings. The molecule has 1 aromatic rings. The average Bonchev–Trinajstić information content (AvgIpc) is 2.68. The van der Waals surface area contributed by atoms with Gasteiger partial charge in [-0.25, -0.2) is 9.18 Å². The summed E-state index contributed by atoms with van der Waals surface area (Å²) in [5.74, 6) is 0.273. The van der Waals surface area contributed by atoms with Crippen LogP contribution in [0.4, 0.5) is 10.2 Å². The summed E-state index contributed by atoms with van der Waals surface area (Å²) < 4.78 is 19.3. The lowest BCUT2D eigenvalue weighted by Gasteiger charge is -2.26. The van der Waals surface area contributed by atoms with E-state index in [0.717, 1.165) is 0 Å². The fraction of sp³-hybridized carbons (Fsp3) is 0.500. The maximum Gasteiger partial charge on any atom is 0.351 e. The average molecular weight is 299 g/mol. The first kappa shape index (κ1) is 15.4. The van der Waals surface area contributed by atoms with Crippen LogP contribution in [-0.4, -0.2) is 48.8 Å². The topological polar surface area (TPSA) is 131 Å². The number of ether oxygens (including phenoxy) is 1. The van der Waals surface area contributed by atoms with Crippen molar-refractivity contribution in [2.75, 3.05) is 5.73 Å². The molecule has 0 aromatic carbocycles. The molecular weight excluding hydrogens is 285 g/mol. The molecule has 5 atom stereocenters. The van der Waals surface area contributed by atoms with Crippen molar-refractivity contribution in [2.45, 2.75) is 37.1 Å². The van der Waals surface area contributed by atoms with Crippen LogP contribution >= 0.6 is 0 Å². The van der Waals surface area contributed by atoms with Gasteiger partial charge in [0.05, 0.1) is 12.3 Å². The molecule has 2 rings (SSSR count). The standard InChI is InChI=1S/C12H14FN3O5/c1-3-12(20)8(18)7(5(2)17)21-10(12)16-4-6(13)9(14)15-11(16)19/h1,4-5,7-8,10,17-18,20H,2H3,(H2,14,15,19)/t5-,7-,8?,10-,12?/m1/s1. The number of hydrogen-bond acceptors (Lipinski definition) is 7. The highest BCUT2D eigenvalue weighted by Gasteiger charge is 2.57. The molecule has 5 N–H and O–H groups in total. The van der Waals surface area contributed by atoms with Crippen molar-refractivity contribution in [2.24, 2.45) is 0 Å². The van der Waals surface area contributed by atoms with Crippen molar-refractivity contribution in [1.29, 1.82) is 0 Å². The van der Waals surface area contributed by atoms with Gasteiger partial charge in [-0.3, -0.25) is 4.57 Å². The van der Waals surface area contributed by atoms with Crippen molar-refractivity contribution >= 4 is 5.82 Å². The number of hydrogen-bond donors (Lipinski definition) is 4. The molecule has 1 fully saturated rings. The van der Waals surface area contributed by atoms with Crippen LogP contribution in [0.2, 0.25) is 0 Å². The van der Waals surface area contributed by atoms with Gasteiger partial charge < -0.3 is 25.8 Å². The minimum atomic E-state index is -2.34. The summed E-state index contributed by atoms with van der Waals surface area (Å²) in [6.07, 6.45) is 0.105. The zero-order valence-corrected chi connectivity index (χ0v) is 11.0. The van der Waals surface area contributed by atoms with E-state index in [1.165, 1.54) is 6.92 Å². The molecule has 1 saturated heterocycles. The number of nitrogens with zero attached hydrogens (tertiary/aromatic N) is 2. The fourth-order valence-electron chi connectivity index (χ4n) is 2.16. The van der Waals surface area contributed by atoms with Crippen molar-refractivity contribution in [1.82, 2.24) is 9.55 Å². The van der Waals surface area contributed by atoms with Crippen molar-refractivity contribution < 1.29 is 24.4 Å². The number of aliphatic hydroxyl groups is 3. The summed E-state index contributed by atoms with van der Waals surface area (Å²) in [5.41, 5.74) is 1.80. The minimum Gasteiger partial charge on any atom is -0.391 e. The first-order chi connectivity index (χ1) is 9.72. The summed E-state index contributed by atoms with van der Waals surface area (Å²) in [5, 5.41) is 29.8. The van der Waals surface area contributed by atoms with Gasteiger partial charge in [-0.2, -0.15) is 4.98 Å². The van der Waals surface area contributed by atoms with Crippen molar-refractivity contribution in [3.05, 3.63) is 22.5 Å². The third kappa shape index (κ3) is 2.28. The summed E-state index contributed by atoms with van der Waals surface area (Å²) in [6.45, 7) is 1.30. The second-order valence-corrected chi connectivity index (χ2v) is 4.77. The first-order valence-electron chi connectivity index (χ1n) is 5.98. The molecule has 21 heavy (non-hydrogen) atoms. The lowest BCUT2D eigenvalue weighted by Crippen LogP contribution is -2.48. The molecular formula is C12H14FN3O5. The summed E-state index contributed by atoms with van der Waals surface area (Å²) >= 11 is 0. The highest BCUT2D eigenvalue weighted by Crippen LogP contribution is 2.38. The highest BCUT2D eigenvalue weighted by atomic mass is 19.1. The number of terminal acetylenes is 1. The molecule has 2 unspecified atom stereocenters. The van der Waals surface area contributed by atoms with Crippen LogP contribution in [0, 0.1) is 18.2 Å². The Labute approximate surface area is 118 Å². The van der Waals surface area contributed by atoms with Gasteiger partial charge >= 0.3 is 5.69 Å². The Morgan fingerprint density at radius 3 is 2.86 bits per heavy atom. The van der Waals surface area contributed by atoms with Gasteiger partial charge in [-0.1, -0.05) is 5.92 Å². The van der Waals surface area contributed by atoms with E-state index in [-0.39, 0.29) is 0 Å². The Morgan fingerprint density at radius 1 is 1.71 bits per heavy atom. The number of rotatable bonds is 2. The van der Waals surface area contributed by atoms with E-state index in [1.54, 1.807) is 0 Å². The molecule has 114 valence electrons. The quantitative estimate of drug-likeness (QED) is 0.463. The second-order valence-electron chi connectivity index (χ2n) is 4.77. The van der Waals surface area contributed by atoms with Crippen LogP contribution in [0.5, 0.6) is 0 Å². The number of anilines is 1. The molecule has 1 aliphatic heterocycles. The van der Waals surface area contributed by atoms with Gasteiger partial charge in [0, 0.05) is 0 Å². The van der Waals surface area contributed by atoms with Gasteiger partial charge in [0.15, 0.2) is 23.5 Å². The number of nitrogens with two attached hydrogens (primary N) is 1. The number of aromatic nitrogens is 2. The van der Waals surface area contributed by atoms with Crippen LogP contribution in [0.1, 0.15) is 13.2 Å². The SMILES string of the molecule is C#CC1(O)C(O)[C@@H]([C@@H](C)O)O[C@H]1n1cc(F)c(N)nc1=O. The number of nitrogen functional groups attached to an aromatic ring is 1. The van der Waals surface area contributed by atoms with Gasteiger partial charge in [-0.05, 0) is 6.92 Å². The molecule has 2 heterocycles. The lowest BCUT2D eigenvalue weighted by atomic mass is 9.93. The third-order valence-corrected chi connectivity index (χ3v) is 3.32. The maximum atomic E-state index is 13.5. The summed E-state index contributed by atoms with van der Waals surface area (Å²) in [4.78, 5) is 15.0. The van der Waals surface area contributed by atoms with Crippen molar-refractivity contribution in [3.63, 3.8) is 0 Å². The Morgan fingerprint density at radius 2 is 2.33 bits per heavy atom. The van der Waals surface area contributed by atoms with Crippen LogP contribution < -0.4 is 11.4 Å². The molecule has 1 aromatic heterocycles. The van der Waals surface area contributed by atoms with E-state index < -0.39 is 47.5 Å². The van der Waals surface area contributed by atoms with Crippen LogP contribution in [0.3, 0.4) is 0 Å². The fourth-order valence-corrected chi connectivity index (χ4v) is 2.16. The van der Waals surface area contributed by atoms with E-state index in [0.29, 0.717) is 10.8 Å². The predicted octanol–water partition coefficient (Wildman–Crippen LogP) is -2.03.